The van der Waals surface area contributed by atoms with E-state index >= 15 is 0 Å². The van der Waals surface area contributed by atoms with E-state index in [1.54, 1.807) is 7.11 Å². The molecule has 1 atom stereocenters. The van der Waals surface area contributed by atoms with E-state index in [0.29, 0.717) is 5.92 Å². The van der Waals surface area contributed by atoms with Crippen molar-refractivity contribution >= 4 is 16.8 Å². The summed E-state index contributed by atoms with van der Waals surface area (Å²) >= 11 is 0. The first-order valence-corrected chi connectivity index (χ1v) is 9.56. The fourth-order valence-corrected chi connectivity index (χ4v) is 4.12. The Hall–Kier alpha value is -2.76. The zero-order chi connectivity index (χ0) is 19.0. The van der Waals surface area contributed by atoms with E-state index in [-0.39, 0.29) is 5.91 Å². The molecular formula is C21H26N4O2. The fourth-order valence-electron chi connectivity index (χ4n) is 4.12. The van der Waals surface area contributed by atoms with Crippen molar-refractivity contribution in [3.63, 3.8) is 0 Å². The van der Waals surface area contributed by atoms with Gasteiger partial charge in [0, 0.05) is 56.4 Å². The third-order valence-corrected chi connectivity index (χ3v) is 5.63. The summed E-state index contributed by atoms with van der Waals surface area (Å²) in [7, 11) is 3.60. The van der Waals surface area contributed by atoms with Gasteiger partial charge < -0.3 is 18.8 Å². The molecule has 1 aliphatic rings. The van der Waals surface area contributed by atoms with Crippen LogP contribution in [0.5, 0.6) is 5.75 Å². The average molecular weight is 366 g/mol. The van der Waals surface area contributed by atoms with Crippen LogP contribution in [0.1, 0.15) is 42.0 Å². The van der Waals surface area contributed by atoms with E-state index in [4.69, 9.17) is 4.74 Å². The molecule has 0 radical (unpaired) electrons. The van der Waals surface area contributed by atoms with Gasteiger partial charge in [-0.15, -0.1) is 0 Å². The number of hydrogen-bond donors (Lipinski definition) is 0. The number of imidazole rings is 1. The number of likely N-dealkylation sites (tertiary alicyclic amines) is 1. The smallest absolute Gasteiger partial charge is 0.270 e. The minimum Gasteiger partial charge on any atom is -0.497 e. The Morgan fingerprint density at radius 2 is 2.19 bits per heavy atom. The number of amides is 1. The molecule has 0 saturated carbocycles. The highest BCUT2D eigenvalue weighted by atomic mass is 16.5. The number of methoxy groups -OCH3 is 1. The molecule has 0 unspecified atom stereocenters. The van der Waals surface area contributed by atoms with Crippen LogP contribution in [0.2, 0.25) is 0 Å². The predicted octanol–water partition coefficient (Wildman–Crippen LogP) is 3.42. The van der Waals surface area contributed by atoms with Crippen molar-refractivity contribution in [3.05, 3.63) is 48.2 Å². The lowest BCUT2D eigenvalue weighted by molar-refractivity contribution is 0.0694. The average Bonchev–Trinajstić information content (AvgIpc) is 3.32. The molecule has 27 heavy (non-hydrogen) atoms. The Morgan fingerprint density at radius 3 is 2.96 bits per heavy atom. The molecule has 6 nitrogen and oxygen atoms in total. The lowest BCUT2D eigenvalue weighted by Crippen LogP contribution is -2.40. The molecule has 0 N–H and O–H groups in total. The maximum Gasteiger partial charge on any atom is 0.270 e. The van der Waals surface area contributed by atoms with E-state index in [1.165, 1.54) is 0 Å². The number of nitrogens with zero attached hydrogens (tertiary/aromatic N) is 4. The van der Waals surface area contributed by atoms with Crippen molar-refractivity contribution < 1.29 is 9.53 Å². The van der Waals surface area contributed by atoms with Gasteiger partial charge in [-0.1, -0.05) is 0 Å². The largest absolute Gasteiger partial charge is 0.497 e. The molecule has 0 aliphatic carbocycles. The van der Waals surface area contributed by atoms with E-state index in [1.807, 2.05) is 53.2 Å². The van der Waals surface area contributed by atoms with Crippen molar-refractivity contribution in [2.24, 2.45) is 7.05 Å². The first kappa shape index (κ1) is 17.6. The van der Waals surface area contributed by atoms with Crippen molar-refractivity contribution in [1.29, 1.82) is 0 Å². The van der Waals surface area contributed by atoms with E-state index in [9.17, 15) is 4.79 Å². The highest BCUT2D eigenvalue weighted by Crippen LogP contribution is 2.29. The van der Waals surface area contributed by atoms with Crippen LogP contribution in [-0.2, 0) is 13.6 Å². The van der Waals surface area contributed by atoms with E-state index in [0.717, 1.165) is 60.6 Å². The number of aromatic nitrogens is 3. The highest BCUT2D eigenvalue weighted by Gasteiger charge is 2.29. The van der Waals surface area contributed by atoms with Crippen molar-refractivity contribution in [3.8, 4) is 5.75 Å². The van der Waals surface area contributed by atoms with Gasteiger partial charge in [-0.3, -0.25) is 4.79 Å². The quantitative estimate of drug-likeness (QED) is 0.711. The molecule has 1 fully saturated rings. The van der Waals surface area contributed by atoms with Crippen LogP contribution in [-0.4, -0.2) is 45.1 Å². The number of ether oxygens (including phenoxy) is 1. The molecule has 6 heteroatoms. The molecule has 1 amide bonds. The molecule has 0 bridgehead atoms. The Morgan fingerprint density at radius 1 is 1.33 bits per heavy atom. The maximum atomic E-state index is 13.3. The van der Waals surface area contributed by atoms with Gasteiger partial charge in [0.2, 0.25) is 0 Å². The van der Waals surface area contributed by atoms with Gasteiger partial charge in [0.05, 0.1) is 12.6 Å². The number of aryl methyl sites for hydroxylation is 2. The van der Waals surface area contributed by atoms with Crippen LogP contribution in [0.15, 0.2) is 36.7 Å². The summed E-state index contributed by atoms with van der Waals surface area (Å²) in [6, 6.07) is 7.89. The summed E-state index contributed by atoms with van der Waals surface area (Å²) in [4.78, 5) is 19.8. The molecule has 3 heterocycles. The number of piperidine rings is 1. The standard InChI is InChI=1S/C21H26N4O2/c1-4-24-11-9-22-20(24)16-6-5-10-25(14-16)21(26)19-12-15-7-8-17(27-3)13-18(15)23(19)2/h7-9,11-13,16H,4-6,10,14H2,1-3H3/t16-/m0/s1. The Kier molecular flexibility index (Phi) is 4.64. The Balaban J connectivity index is 1.60. The van der Waals surface area contributed by atoms with Crippen molar-refractivity contribution in [1.82, 2.24) is 19.0 Å². The van der Waals surface area contributed by atoms with Crippen LogP contribution < -0.4 is 4.74 Å². The van der Waals surface area contributed by atoms with Gasteiger partial charge in [0.15, 0.2) is 0 Å². The monoisotopic (exact) mass is 366 g/mol. The second-order valence-corrected chi connectivity index (χ2v) is 7.18. The summed E-state index contributed by atoms with van der Waals surface area (Å²) in [6.07, 6.45) is 5.96. The summed E-state index contributed by atoms with van der Waals surface area (Å²) in [5.41, 5.74) is 1.73. The number of fused-ring (bicyclic) bond motifs is 1. The van der Waals surface area contributed by atoms with Gasteiger partial charge in [-0.05, 0) is 38.0 Å². The molecule has 0 spiro atoms. The number of carbonyl (C=O) groups excluding carboxylic acids is 1. The van der Waals surface area contributed by atoms with Crippen molar-refractivity contribution in [2.75, 3.05) is 20.2 Å². The molecule has 142 valence electrons. The van der Waals surface area contributed by atoms with E-state index in [2.05, 4.69) is 16.5 Å². The number of carbonyl (C=O) groups is 1. The first-order valence-electron chi connectivity index (χ1n) is 9.56. The molecule has 4 rings (SSSR count). The number of benzene rings is 1. The molecule has 2 aromatic heterocycles. The third kappa shape index (κ3) is 3.09. The second-order valence-electron chi connectivity index (χ2n) is 7.18. The van der Waals surface area contributed by atoms with Gasteiger partial charge in [-0.25, -0.2) is 4.98 Å². The summed E-state index contributed by atoms with van der Waals surface area (Å²) in [5, 5.41) is 1.05. The summed E-state index contributed by atoms with van der Waals surface area (Å²) in [5.74, 6) is 2.28. The second kappa shape index (κ2) is 7.10. The van der Waals surface area contributed by atoms with Gasteiger partial charge in [-0.2, -0.15) is 0 Å². The SMILES string of the molecule is CCn1ccnc1[C@H]1CCCN(C(=O)c2cc3ccc(OC)cc3n2C)C1. The molecule has 1 aliphatic heterocycles. The zero-order valence-electron chi connectivity index (χ0n) is 16.2. The molecule has 1 saturated heterocycles. The number of hydrogen-bond acceptors (Lipinski definition) is 3. The minimum atomic E-state index is 0.0898. The fraction of sp³-hybridized carbons (Fsp3) is 0.429. The number of rotatable bonds is 4. The van der Waals surface area contributed by atoms with Crippen molar-refractivity contribution in [2.45, 2.75) is 32.2 Å². The lowest BCUT2D eigenvalue weighted by Gasteiger charge is -2.32. The zero-order valence-corrected chi connectivity index (χ0v) is 16.2. The van der Waals surface area contributed by atoms with Crippen LogP contribution >= 0.6 is 0 Å². The lowest BCUT2D eigenvalue weighted by atomic mass is 9.96. The van der Waals surface area contributed by atoms with Crippen LogP contribution in [0.3, 0.4) is 0 Å². The summed E-state index contributed by atoms with van der Waals surface area (Å²) < 4.78 is 9.47. The van der Waals surface area contributed by atoms with E-state index < -0.39 is 0 Å². The molecule has 3 aromatic rings. The van der Waals surface area contributed by atoms with Gasteiger partial charge >= 0.3 is 0 Å². The molecular weight excluding hydrogens is 340 g/mol. The molecule has 1 aromatic carbocycles. The van der Waals surface area contributed by atoms with Crippen LogP contribution in [0.25, 0.3) is 10.9 Å². The van der Waals surface area contributed by atoms with Crippen LogP contribution in [0.4, 0.5) is 0 Å². The van der Waals surface area contributed by atoms with Crippen LogP contribution in [0, 0.1) is 0 Å². The first-order chi connectivity index (χ1) is 13.1. The third-order valence-electron chi connectivity index (χ3n) is 5.63. The minimum absolute atomic E-state index is 0.0898. The van der Waals surface area contributed by atoms with Gasteiger partial charge in [0.25, 0.3) is 5.91 Å². The predicted molar refractivity (Wildman–Crippen MR) is 105 cm³/mol. The normalized spacial score (nSPS) is 17.4. The maximum absolute atomic E-state index is 13.3. The van der Waals surface area contributed by atoms with Gasteiger partial charge in [0.1, 0.15) is 17.3 Å². The topological polar surface area (TPSA) is 52.3 Å². The Bertz CT molecular complexity index is 972. The Labute approximate surface area is 159 Å². The summed E-state index contributed by atoms with van der Waals surface area (Å²) in [6.45, 7) is 4.55. The highest BCUT2D eigenvalue weighted by molar-refractivity contribution is 5.99.